The first-order chi connectivity index (χ1) is 22.6. The number of hydrogen-bond acceptors (Lipinski definition) is 10. The Morgan fingerprint density at radius 1 is 0.796 bits per heavy atom. The number of hydroxylamine groups is 2. The van der Waals surface area contributed by atoms with Gasteiger partial charge >= 0.3 is 11.9 Å². The highest BCUT2D eigenvalue weighted by molar-refractivity contribution is 5.96. The van der Waals surface area contributed by atoms with Gasteiger partial charge in [0.25, 0.3) is 0 Å². The molecule has 4 amide bonds. The van der Waals surface area contributed by atoms with Crippen LogP contribution in [0.3, 0.4) is 0 Å². The third-order valence-corrected chi connectivity index (χ3v) is 7.17. The molecule has 15 nitrogen and oxygen atoms in total. The quantitative estimate of drug-likeness (QED) is 0.0605. The van der Waals surface area contributed by atoms with Gasteiger partial charge in [0.2, 0.25) is 23.6 Å². The van der Waals surface area contributed by atoms with Crippen LogP contribution in [0, 0.1) is 11.3 Å². The van der Waals surface area contributed by atoms with Crippen molar-refractivity contribution in [3.63, 3.8) is 0 Å². The first-order valence-electron chi connectivity index (χ1n) is 16.3. The lowest BCUT2D eigenvalue weighted by molar-refractivity contribution is -0.160. The Hall–Kier alpha value is -4.53. The van der Waals surface area contributed by atoms with Crippen LogP contribution < -0.4 is 21.3 Å². The third kappa shape index (κ3) is 15.5. The van der Waals surface area contributed by atoms with Crippen LogP contribution in [0.5, 0.6) is 0 Å². The highest BCUT2D eigenvalue weighted by Gasteiger charge is 2.35. The fourth-order valence-electron chi connectivity index (χ4n) is 4.31. The lowest BCUT2D eigenvalue weighted by Crippen LogP contribution is -2.59. The molecule has 6 N–H and O–H groups in total. The van der Waals surface area contributed by atoms with Gasteiger partial charge in [0.1, 0.15) is 47.7 Å². The number of ether oxygens (including phenoxy) is 2. The SMILES string of the molecule is CCC(C)[C@H](NC(=O)[C@H](CC(=O)OC(C)(C)C)NC(=O)[C@H](C)NC(=O)[C@H](Cc1ccccc1)NC(=O)[C@H](C)N(O)C=N)C(=O)OC(C)(C)C. The van der Waals surface area contributed by atoms with E-state index in [1.807, 2.05) is 6.92 Å². The predicted molar refractivity (Wildman–Crippen MR) is 181 cm³/mol. The lowest BCUT2D eigenvalue weighted by atomic mass is 9.98. The molecule has 0 bridgehead atoms. The van der Waals surface area contributed by atoms with Crippen LogP contribution in [0.1, 0.15) is 87.6 Å². The molecular formula is C34H54N6O9. The predicted octanol–water partition coefficient (Wildman–Crippen LogP) is 1.99. The summed E-state index contributed by atoms with van der Waals surface area (Å²) in [6.07, 6.45) is 0.506. The number of carbonyl (C=O) groups is 6. The van der Waals surface area contributed by atoms with Crippen LogP contribution in [0.4, 0.5) is 0 Å². The molecule has 1 unspecified atom stereocenters. The summed E-state index contributed by atoms with van der Waals surface area (Å²) in [4.78, 5) is 79.0. The summed E-state index contributed by atoms with van der Waals surface area (Å²) in [5, 5.41) is 27.5. The van der Waals surface area contributed by atoms with Crippen LogP contribution >= 0.6 is 0 Å². The van der Waals surface area contributed by atoms with Crippen molar-refractivity contribution in [3.05, 3.63) is 35.9 Å². The number of nitrogens with one attached hydrogen (secondary N) is 5. The van der Waals surface area contributed by atoms with Crippen molar-refractivity contribution >= 4 is 41.9 Å². The monoisotopic (exact) mass is 690 g/mol. The Labute approximate surface area is 288 Å². The van der Waals surface area contributed by atoms with Gasteiger partial charge in [-0.05, 0) is 66.9 Å². The Kier molecular flexibility index (Phi) is 16.4. The average molecular weight is 691 g/mol. The number of hydrogen-bond donors (Lipinski definition) is 6. The van der Waals surface area contributed by atoms with Crippen molar-refractivity contribution in [3.8, 4) is 0 Å². The molecule has 1 aromatic carbocycles. The molecule has 0 aliphatic carbocycles. The van der Waals surface area contributed by atoms with E-state index in [0.717, 1.165) is 0 Å². The fourth-order valence-corrected chi connectivity index (χ4v) is 4.31. The summed E-state index contributed by atoms with van der Waals surface area (Å²) in [7, 11) is 0. The number of rotatable bonds is 17. The van der Waals surface area contributed by atoms with Crippen LogP contribution in [0.25, 0.3) is 0 Å². The number of amides is 4. The molecule has 0 aliphatic rings. The van der Waals surface area contributed by atoms with E-state index in [9.17, 15) is 34.0 Å². The molecule has 0 saturated carbocycles. The van der Waals surface area contributed by atoms with Crippen molar-refractivity contribution in [2.24, 2.45) is 5.92 Å². The van der Waals surface area contributed by atoms with Gasteiger partial charge in [-0.1, -0.05) is 50.6 Å². The van der Waals surface area contributed by atoms with Crippen molar-refractivity contribution in [2.45, 2.75) is 130 Å². The zero-order valence-electron chi connectivity index (χ0n) is 30.2. The highest BCUT2D eigenvalue weighted by Crippen LogP contribution is 2.16. The summed E-state index contributed by atoms with van der Waals surface area (Å²) in [6, 6.07) is 2.53. The molecule has 0 saturated heterocycles. The molecule has 49 heavy (non-hydrogen) atoms. The van der Waals surface area contributed by atoms with E-state index < -0.39 is 83.4 Å². The zero-order valence-corrected chi connectivity index (χ0v) is 30.2. The Balaban J connectivity index is 3.26. The summed E-state index contributed by atoms with van der Waals surface area (Å²) < 4.78 is 10.9. The average Bonchev–Trinajstić information content (AvgIpc) is 3.00. The van der Waals surface area contributed by atoms with Crippen LogP contribution in [-0.2, 0) is 44.7 Å². The normalized spacial score (nSPS) is 15.2. The largest absolute Gasteiger partial charge is 0.460 e. The van der Waals surface area contributed by atoms with Gasteiger partial charge in [-0.2, -0.15) is 0 Å². The number of nitrogens with zero attached hydrogens (tertiary/aromatic N) is 1. The van der Waals surface area contributed by atoms with Crippen LogP contribution in [-0.4, -0.2) is 93.6 Å². The minimum absolute atomic E-state index is 0.0286. The molecule has 1 aromatic rings. The molecular weight excluding hydrogens is 636 g/mol. The molecule has 0 aromatic heterocycles. The Morgan fingerprint density at radius 3 is 1.84 bits per heavy atom. The Morgan fingerprint density at radius 2 is 1.33 bits per heavy atom. The maximum atomic E-state index is 13.6. The van der Waals surface area contributed by atoms with Crippen LogP contribution in [0.2, 0.25) is 0 Å². The van der Waals surface area contributed by atoms with E-state index in [0.29, 0.717) is 23.4 Å². The summed E-state index contributed by atoms with van der Waals surface area (Å²) in [5.41, 5.74) is -1.03. The van der Waals surface area contributed by atoms with Gasteiger partial charge in [-0.25, -0.2) is 9.86 Å². The smallest absolute Gasteiger partial charge is 0.329 e. The van der Waals surface area contributed by atoms with E-state index in [1.165, 1.54) is 13.8 Å². The molecule has 15 heteroatoms. The molecule has 0 aliphatic heterocycles. The van der Waals surface area contributed by atoms with E-state index in [-0.39, 0.29) is 12.3 Å². The first-order valence-corrected chi connectivity index (χ1v) is 16.3. The number of carbonyl (C=O) groups excluding carboxylic acids is 6. The van der Waals surface area contributed by atoms with Crippen molar-refractivity contribution in [2.75, 3.05) is 0 Å². The fraction of sp³-hybridized carbons (Fsp3) is 0.618. The number of esters is 2. The summed E-state index contributed by atoms with van der Waals surface area (Å²) in [5.74, 6) is -5.00. The number of benzene rings is 1. The van der Waals surface area contributed by atoms with Crippen molar-refractivity contribution in [1.82, 2.24) is 26.3 Å². The molecule has 0 radical (unpaired) electrons. The maximum absolute atomic E-state index is 13.6. The minimum atomic E-state index is -1.49. The Bertz CT molecular complexity index is 1310. The molecule has 0 fully saturated rings. The van der Waals surface area contributed by atoms with Gasteiger partial charge in [0.15, 0.2) is 0 Å². The van der Waals surface area contributed by atoms with Gasteiger partial charge in [-0.15, -0.1) is 0 Å². The molecule has 0 spiro atoms. The van der Waals surface area contributed by atoms with E-state index in [4.69, 9.17) is 14.9 Å². The van der Waals surface area contributed by atoms with Gasteiger partial charge in [-0.3, -0.25) is 34.6 Å². The summed E-state index contributed by atoms with van der Waals surface area (Å²) >= 11 is 0. The van der Waals surface area contributed by atoms with Gasteiger partial charge in [0, 0.05) is 6.42 Å². The highest BCUT2D eigenvalue weighted by atomic mass is 16.6. The van der Waals surface area contributed by atoms with E-state index >= 15 is 0 Å². The molecule has 0 heterocycles. The third-order valence-electron chi connectivity index (χ3n) is 7.17. The lowest BCUT2D eigenvalue weighted by Gasteiger charge is -2.29. The topological polar surface area (TPSA) is 216 Å². The first kappa shape index (κ1) is 42.5. The van der Waals surface area contributed by atoms with Gasteiger partial charge in [0.05, 0.1) is 6.42 Å². The van der Waals surface area contributed by atoms with Crippen LogP contribution in [0.15, 0.2) is 30.3 Å². The molecule has 1 rings (SSSR count). The van der Waals surface area contributed by atoms with Gasteiger partial charge < -0.3 is 30.7 Å². The van der Waals surface area contributed by atoms with Crippen molar-refractivity contribution < 1.29 is 43.4 Å². The minimum Gasteiger partial charge on any atom is -0.460 e. The van der Waals surface area contributed by atoms with Crippen molar-refractivity contribution in [1.29, 1.82) is 5.41 Å². The second-order valence-corrected chi connectivity index (χ2v) is 13.9. The second kappa shape index (κ2) is 18.9. The second-order valence-electron chi connectivity index (χ2n) is 13.9. The molecule has 274 valence electrons. The standard InChI is InChI=1S/C34H54N6O9/c1-11-20(2)27(32(46)49-34(8,9)10)39-31(45)25(18-26(41)48-33(5,6)7)37-28(42)21(3)36-30(44)24(17-23-15-13-12-14-16-23)38-29(43)22(4)40(47)19-35/h12-16,19-22,24-25,27,35,47H,11,17-18H2,1-10H3,(H,36,44)(H,37,42)(H,38,43)(H,39,45)/t20?,21-,22-,24-,25-,27-/m0/s1. The summed E-state index contributed by atoms with van der Waals surface area (Å²) in [6.45, 7) is 16.3. The molecule has 6 atom stereocenters. The maximum Gasteiger partial charge on any atom is 0.329 e. The van der Waals surface area contributed by atoms with E-state index in [2.05, 4.69) is 21.3 Å². The van der Waals surface area contributed by atoms with E-state index in [1.54, 1.807) is 78.8 Å². The zero-order chi connectivity index (χ0) is 37.7.